The number of rotatable bonds is 4. The second-order valence-electron chi connectivity index (χ2n) is 7.64. The molecular formula is C19H28N2O4. The molecule has 0 amide bonds. The number of likely N-dealkylation sites (tertiary alicyclic amines) is 1. The van der Waals surface area contributed by atoms with E-state index in [9.17, 15) is 5.11 Å². The summed E-state index contributed by atoms with van der Waals surface area (Å²) in [5.74, 6) is 1.89. The monoisotopic (exact) mass is 348 g/mol. The Balaban J connectivity index is 1.36. The second kappa shape index (κ2) is 7.19. The molecule has 1 aliphatic carbocycles. The highest BCUT2D eigenvalue weighted by Crippen LogP contribution is 2.38. The van der Waals surface area contributed by atoms with Gasteiger partial charge >= 0.3 is 0 Å². The van der Waals surface area contributed by atoms with Crippen LogP contribution in [-0.2, 0) is 9.47 Å². The first-order valence-corrected chi connectivity index (χ1v) is 9.33. The zero-order valence-corrected chi connectivity index (χ0v) is 15.1. The molecule has 1 aromatic heterocycles. The van der Waals surface area contributed by atoms with Gasteiger partial charge in [0.1, 0.15) is 11.9 Å². The number of fused-ring (bicyclic) bond motifs is 1. The number of ether oxygens (including phenoxy) is 3. The topological polar surface area (TPSA) is 64.1 Å². The Morgan fingerprint density at radius 2 is 1.88 bits per heavy atom. The molecule has 0 aromatic carbocycles. The lowest BCUT2D eigenvalue weighted by Crippen LogP contribution is -2.42. The van der Waals surface area contributed by atoms with Crippen LogP contribution in [0.4, 0.5) is 0 Å². The molecule has 1 N–H and O–H groups in total. The molecule has 3 fully saturated rings. The standard InChI is InChI=1S/C19H28N2O4/c1-12-3-4-17(13(2)20-12)25-18-8-15-10-21(9-14(15)7-16(18)22)11-19-23-5-6-24-19/h3-4,14-16,18-19,22H,5-11H2,1-2H3/t14-,15+,16+,18+/m0/s1. The molecular weight excluding hydrogens is 320 g/mol. The van der Waals surface area contributed by atoms with Crippen LogP contribution in [0.25, 0.3) is 0 Å². The number of hydrogen-bond acceptors (Lipinski definition) is 6. The fourth-order valence-corrected chi connectivity index (χ4v) is 4.45. The number of aryl methyl sites for hydroxylation is 2. The fraction of sp³-hybridized carbons (Fsp3) is 0.737. The number of pyridine rings is 1. The molecule has 6 heteroatoms. The number of nitrogens with zero attached hydrogens (tertiary/aromatic N) is 2. The molecule has 2 saturated heterocycles. The fourth-order valence-electron chi connectivity index (χ4n) is 4.45. The quantitative estimate of drug-likeness (QED) is 0.890. The van der Waals surface area contributed by atoms with Gasteiger partial charge in [-0.05, 0) is 50.7 Å². The summed E-state index contributed by atoms with van der Waals surface area (Å²) < 4.78 is 17.3. The number of aromatic nitrogens is 1. The second-order valence-corrected chi connectivity index (χ2v) is 7.64. The molecule has 2 aliphatic heterocycles. The SMILES string of the molecule is Cc1ccc(O[C@@H]2C[C@@H]3CN(CC4OCCO4)C[C@@H]3C[C@H]2O)c(C)n1. The van der Waals surface area contributed by atoms with E-state index in [0.717, 1.165) is 49.6 Å². The summed E-state index contributed by atoms with van der Waals surface area (Å²) in [5.41, 5.74) is 1.87. The summed E-state index contributed by atoms with van der Waals surface area (Å²) >= 11 is 0. The van der Waals surface area contributed by atoms with Crippen molar-refractivity contribution in [3.05, 3.63) is 23.5 Å². The van der Waals surface area contributed by atoms with Gasteiger partial charge in [0.2, 0.25) is 0 Å². The van der Waals surface area contributed by atoms with Crippen LogP contribution in [0.15, 0.2) is 12.1 Å². The first-order valence-electron chi connectivity index (χ1n) is 9.33. The minimum atomic E-state index is -0.416. The summed E-state index contributed by atoms with van der Waals surface area (Å²) in [6.07, 6.45) is 1.04. The summed E-state index contributed by atoms with van der Waals surface area (Å²) in [6, 6.07) is 3.92. The van der Waals surface area contributed by atoms with Gasteiger partial charge in [0.15, 0.2) is 6.29 Å². The van der Waals surface area contributed by atoms with Gasteiger partial charge < -0.3 is 19.3 Å². The number of hydrogen-bond donors (Lipinski definition) is 1. The van der Waals surface area contributed by atoms with Crippen molar-refractivity contribution in [2.45, 2.75) is 45.2 Å². The molecule has 0 spiro atoms. The van der Waals surface area contributed by atoms with Crippen molar-refractivity contribution in [1.29, 1.82) is 0 Å². The average Bonchev–Trinajstić information content (AvgIpc) is 3.20. The normalized spacial score (nSPS) is 33.6. The smallest absolute Gasteiger partial charge is 0.170 e. The van der Waals surface area contributed by atoms with E-state index in [4.69, 9.17) is 14.2 Å². The molecule has 3 aliphatic rings. The average molecular weight is 348 g/mol. The molecule has 4 atom stereocenters. The minimum Gasteiger partial charge on any atom is -0.486 e. The van der Waals surface area contributed by atoms with E-state index in [1.165, 1.54) is 0 Å². The van der Waals surface area contributed by atoms with Gasteiger partial charge in [0.05, 0.1) is 25.0 Å². The van der Waals surface area contributed by atoms with Gasteiger partial charge in [0, 0.05) is 25.3 Å². The lowest BCUT2D eigenvalue weighted by molar-refractivity contribution is -0.0593. The van der Waals surface area contributed by atoms with Gasteiger partial charge in [-0.2, -0.15) is 0 Å². The third-order valence-electron chi connectivity index (χ3n) is 5.71. The van der Waals surface area contributed by atoms with E-state index in [1.54, 1.807) is 0 Å². The van der Waals surface area contributed by atoms with Gasteiger partial charge in [-0.15, -0.1) is 0 Å². The highest BCUT2D eigenvalue weighted by atomic mass is 16.7. The Bertz CT molecular complexity index is 605. The maximum atomic E-state index is 10.6. The Hall–Kier alpha value is -1.21. The van der Waals surface area contributed by atoms with E-state index in [-0.39, 0.29) is 12.4 Å². The van der Waals surface area contributed by atoms with Crippen molar-refractivity contribution in [3.8, 4) is 5.75 Å². The molecule has 4 rings (SSSR count). The first kappa shape index (κ1) is 17.2. The van der Waals surface area contributed by atoms with Crippen molar-refractivity contribution >= 4 is 0 Å². The third-order valence-corrected chi connectivity index (χ3v) is 5.71. The zero-order valence-electron chi connectivity index (χ0n) is 15.1. The van der Waals surface area contributed by atoms with Gasteiger partial charge in [0.25, 0.3) is 0 Å². The predicted octanol–water partition coefficient (Wildman–Crippen LogP) is 1.52. The van der Waals surface area contributed by atoms with Gasteiger partial charge in [-0.1, -0.05) is 0 Å². The third kappa shape index (κ3) is 3.82. The Labute approximate surface area is 149 Å². The van der Waals surface area contributed by atoms with Crippen molar-refractivity contribution in [2.75, 3.05) is 32.8 Å². The highest BCUT2D eigenvalue weighted by molar-refractivity contribution is 5.28. The molecule has 0 unspecified atom stereocenters. The molecule has 1 saturated carbocycles. The molecule has 138 valence electrons. The van der Waals surface area contributed by atoms with Gasteiger partial charge in [-0.25, -0.2) is 0 Å². The Kier molecular flexibility index (Phi) is 4.95. The van der Waals surface area contributed by atoms with E-state index in [0.29, 0.717) is 25.0 Å². The molecule has 0 radical (unpaired) electrons. The summed E-state index contributed by atoms with van der Waals surface area (Å²) in [6.45, 7) is 8.21. The van der Waals surface area contributed by atoms with Crippen LogP contribution in [0.1, 0.15) is 24.2 Å². The lowest BCUT2D eigenvalue weighted by atomic mass is 9.78. The van der Waals surface area contributed by atoms with E-state index < -0.39 is 6.10 Å². The summed E-state index contributed by atoms with van der Waals surface area (Å²) in [7, 11) is 0. The Morgan fingerprint density at radius 1 is 1.16 bits per heavy atom. The van der Waals surface area contributed by atoms with Crippen molar-refractivity contribution < 1.29 is 19.3 Å². The van der Waals surface area contributed by atoms with Crippen LogP contribution in [0.2, 0.25) is 0 Å². The first-order chi connectivity index (χ1) is 12.1. The van der Waals surface area contributed by atoms with Crippen LogP contribution < -0.4 is 4.74 Å². The summed E-state index contributed by atoms with van der Waals surface area (Å²) in [4.78, 5) is 6.87. The van der Waals surface area contributed by atoms with Crippen LogP contribution in [-0.4, -0.2) is 66.3 Å². The van der Waals surface area contributed by atoms with Crippen LogP contribution in [0, 0.1) is 25.7 Å². The predicted molar refractivity (Wildman–Crippen MR) is 92.5 cm³/mol. The number of aliphatic hydroxyl groups excluding tert-OH is 1. The number of aliphatic hydroxyl groups is 1. The molecule has 6 nitrogen and oxygen atoms in total. The van der Waals surface area contributed by atoms with Crippen molar-refractivity contribution in [1.82, 2.24) is 9.88 Å². The molecule has 3 heterocycles. The summed E-state index contributed by atoms with van der Waals surface area (Å²) in [5, 5.41) is 10.6. The maximum absolute atomic E-state index is 10.6. The van der Waals surface area contributed by atoms with Gasteiger partial charge in [-0.3, -0.25) is 9.88 Å². The largest absolute Gasteiger partial charge is 0.486 e. The molecule has 1 aromatic rings. The molecule has 25 heavy (non-hydrogen) atoms. The van der Waals surface area contributed by atoms with E-state index >= 15 is 0 Å². The van der Waals surface area contributed by atoms with Crippen molar-refractivity contribution in [3.63, 3.8) is 0 Å². The maximum Gasteiger partial charge on any atom is 0.170 e. The van der Waals surface area contributed by atoms with Crippen molar-refractivity contribution in [2.24, 2.45) is 11.8 Å². The van der Waals surface area contributed by atoms with Crippen LogP contribution in [0.5, 0.6) is 5.75 Å². The lowest BCUT2D eigenvalue weighted by Gasteiger charge is -2.35. The van der Waals surface area contributed by atoms with E-state index in [2.05, 4.69) is 9.88 Å². The molecule has 0 bridgehead atoms. The van der Waals surface area contributed by atoms with E-state index in [1.807, 2.05) is 26.0 Å². The minimum absolute atomic E-state index is 0.0848. The highest BCUT2D eigenvalue weighted by Gasteiger charge is 2.43. The Morgan fingerprint density at radius 3 is 2.60 bits per heavy atom. The zero-order chi connectivity index (χ0) is 17.4. The van der Waals surface area contributed by atoms with Crippen LogP contribution in [0.3, 0.4) is 0 Å². The van der Waals surface area contributed by atoms with Crippen LogP contribution >= 0.6 is 0 Å².